The summed E-state index contributed by atoms with van der Waals surface area (Å²) in [5, 5.41) is 15.0. The molecule has 2 N–H and O–H groups in total. The highest BCUT2D eigenvalue weighted by Gasteiger charge is 2.29. The first-order valence-electron chi connectivity index (χ1n) is 9.42. The smallest absolute Gasteiger partial charge is 0.416 e. The molecule has 0 saturated carbocycles. The molecule has 3 aromatic carbocycles. The van der Waals surface area contributed by atoms with E-state index in [1.807, 2.05) is 0 Å². The zero-order valence-electron chi connectivity index (χ0n) is 17.4. The van der Waals surface area contributed by atoms with Crippen LogP contribution in [-0.2, 0) is 16.2 Å². The molecule has 0 radical (unpaired) electrons. The SMILES string of the molecule is COc1ccccc1NS(=O)(=O)c1cc([N+](=O)[O-])ccc1N/N=C\c1ccc(C(F)(F)F)cc1. The molecule has 0 spiro atoms. The summed E-state index contributed by atoms with van der Waals surface area (Å²) in [5.41, 5.74) is 1.47. The topological polar surface area (TPSA) is 123 Å². The van der Waals surface area contributed by atoms with Crippen LogP contribution < -0.4 is 14.9 Å². The molecule has 0 atom stereocenters. The Morgan fingerprint density at radius 2 is 1.71 bits per heavy atom. The van der Waals surface area contributed by atoms with E-state index < -0.39 is 37.3 Å². The van der Waals surface area contributed by atoms with Gasteiger partial charge >= 0.3 is 6.18 Å². The second kappa shape index (κ2) is 9.79. The lowest BCUT2D eigenvalue weighted by molar-refractivity contribution is -0.385. The van der Waals surface area contributed by atoms with Gasteiger partial charge in [0.2, 0.25) is 0 Å². The number of halogens is 3. The zero-order chi connectivity index (χ0) is 24.9. The molecule has 0 fully saturated rings. The largest absolute Gasteiger partial charge is 0.495 e. The average molecular weight is 494 g/mol. The molecule has 34 heavy (non-hydrogen) atoms. The predicted molar refractivity (Wildman–Crippen MR) is 120 cm³/mol. The van der Waals surface area contributed by atoms with Crippen LogP contribution >= 0.6 is 0 Å². The highest BCUT2D eigenvalue weighted by Crippen LogP contribution is 2.31. The number of anilines is 2. The minimum Gasteiger partial charge on any atom is -0.495 e. The van der Waals surface area contributed by atoms with Crippen molar-refractivity contribution in [3.8, 4) is 5.75 Å². The van der Waals surface area contributed by atoms with Gasteiger partial charge in [0.1, 0.15) is 10.6 Å². The first-order valence-corrected chi connectivity index (χ1v) is 10.9. The highest BCUT2D eigenvalue weighted by atomic mass is 32.2. The van der Waals surface area contributed by atoms with Gasteiger partial charge in [0.15, 0.2) is 0 Å². The zero-order valence-corrected chi connectivity index (χ0v) is 18.2. The molecule has 0 amide bonds. The third kappa shape index (κ3) is 5.81. The maximum atomic E-state index is 13.0. The van der Waals surface area contributed by atoms with E-state index >= 15 is 0 Å². The third-order valence-electron chi connectivity index (χ3n) is 4.45. The van der Waals surface area contributed by atoms with Crippen molar-refractivity contribution in [3.05, 3.63) is 88.0 Å². The summed E-state index contributed by atoms with van der Waals surface area (Å²) >= 11 is 0. The van der Waals surface area contributed by atoms with Crippen LogP contribution in [0.1, 0.15) is 11.1 Å². The van der Waals surface area contributed by atoms with Crippen molar-refractivity contribution < 1.29 is 31.2 Å². The van der Waals surface area contributed by atoms with Gasteiger partial charge in [-0.25, -0.2) is 8.42 Å². The number of methoxy groups -OCH3 is 1. The van der Waals surface area contributed by atoms with Crippen LogP contribution in [0.2, 0.25) is 0 Å². The lowest BCUT2D eigenvalue weighted by Gasteiger charge is -2.14. The normalized spacial score (nSPS) is 11.9. The van der Waals surface area contributed by atoms with Crippen LogP contribution in [0.15, 0.2) is 76.7 Å². The molecule has 0 saturated heterocycles. The van der Waals surface area contributed by atoms with Crippen LogP contribution in [0.5, 0.6) is 5.75 Å². The molecule has 0 aliphatic carbocycles. The van der Waals surface area contributed by atoms with E-state index in [0.717, 1.165) is 30.3 Å². The number of non-ortho nitro benzene ring substituents is 1. The van der Waals surface area contributed by atoms with Crippen molar-refractivity contribution >= 4 is 33.3 Å². The Morgan fingerprint density at radius 3 is 2.32 bits per heavy atom. The summed E-state index contributed by atoms with van der Waals surface area (Å²) in [5.74, 6) is 0.228. The minimum absolute atomic E-state index is 0.101. The van der Waals surface area contributed by atoms with Crippen molar-refractivity contribution in [3.63, 3.8) is 0 Å². The Kier molecular flexibility index (Phi) is 7.05. The molecule has 0 aliphatic rings. The summed E-state index contributed by atoms with van der Waals surface area (Å²) in [7, 11) is -2.99. The summed E-state index contributed by atoms with van der Waals surface area (Å²) in [6.07, 6.45) is -3.31. The lowest BCUT2D eigenvalue weighted by atomic mass is 10.1. The number of benzene rings is 3. The number of hydrazone groups is 1. The van der Waals surface area contributed by atoms with Crippen LogP contribution in [0.3, 0.4) is 0 Å². The van der Waals surface area contributed by atoms with Gasteiger partial charge in [-0.05, 0) is 35.9 Å². The van der Waals surface area contributed by atoms with E-state index in [4.69, 9.17) is 4.74 Å². The number of rotatable bonds is 8. The van der Waals surface area contributed by atoms with Crippen molar-refractivity contribution in [2.24, 2.45) is 5.10 Å². The first kappa shape index (κ1) is 24.5. The Labute approximate surface area is 192 Å². The van der Waals surface area contributed by atoms with Crippen molar-refractivity contribution in [1.82, 2.24) is 0 Å². The second-order valence-electron chi connectivity index (χ2n) is 6.73. The number of ether oxygens (including phenoxy) is 1. The number of hydrogen-bond acceptors (Lipinski definition) is 7. The van der Waals surface area contributed by atoms with Crippen molar-refractivity contribution in [1.29, 1.82) is 0 Å². The molecule has 13 heteroatoms. The summed E-state index contributed by atoms with van der Waals surface area (Å²) in [4.78, 5) is 9.96. The maximum Gasteiger partial charge on any atom is 0.416 e. The molecule has 0 bridgehead atoms. The highest BCUT2D eigenvalue weighted by molar-refractivity contribution is 7.93. The number of para-hydroxylation sites is 2. The quantitative estimate of drug-likeness (QED) is 0.262. The van der Waals surface area contributed by atoms with Gasteiger partial charge in [-0.2, -0.15) is 18.3 Å². The monoisotopic (exact) mass is 494 g/mol. The third-order valence-corrected chi connectivity index (χ3v) is 5.86. The average Bonchev–Trinajstić information content (AvgIpc) is 2.79. The lowest BCUT2D eigenvalue weighted by Crippen LogP contribution is -2.15. The van der Waals surface area contributed by atoms with Crippen LogP contribution in [0.25, 0.3) is 0 Å². The molecule has 0 aromatic heterocycles. The first-order chi connectivity index (χ1) is 16.0. The number of nitrogens with zero attached hydrogens (tertiary/aromatic N) is 2. The van der Waals surface area contributed by atoms with Crippen LogP contribution in [0, 0.1) is 10.1 Å². The standard InChI is InChI=1S/C21H17F3N4O5S/c1-33-19-5-3-2-4-17(19)27-34(31,32)20-12-16(28(29)30)10-11-18(20)26-25-13-14-6-8-15(9-7-14)21(22,23)24/h2-13,26-27H,1H3/b25-13-. The minimum atomic E-state index is -4.48. The Balaban J connectivity index is 1.91. The van der Waals surface area contributed by atoms with E-state index in [0.29, 0.717) is 5.56 Å². The number of sulfonamides is 1. The molecule has 3 rings (SSSR count). The van der Waals surface area contributed by atoms with Crippen molar-refractivity contribution in [2.75, 3.05) is 17.3 Å². The molecule has 3 aromatic rings. The maximum absolute atomic E-state index is 13.0. The fourth-order valence-corrected chi connectivity index (χ4v) is 4.05. The van der Waals surface area contributed by atoms with Gasteiger partial charge in [0.25, 0.3) is 15.7 Å². The van der Waals surface area contributed by atoms with Crippen LogP contribution in [-0.4, -0.2) is 26.7 Å². The Morgan fingerprint density at radius 1 is 1.03 bits per heavy atom. The van der Waals surface area contributed by atoms with E-state index in [9.17, 15) is 31.7 Å². The summed E-state index contributed by atoms with van der Waals surface area (Å²) in [6, 6.07) is 13.4. The van der Waals surface area contributed by atoms with Gasteiger partial charge in [-0.3, -0.25) is 20.3 Å². The van der Waals surface area contributed by atoms with Crippen molar-refractivity contribution in [2.45, 2.75) is 11.1 Å². The molecule has 0 unspecified atom stereocenters. The van der Waals surface area contributed by atoms with E-state index in [-0.39, 0.29) is 17.1 Å². The van der Waals surface area contributed by atoms with Gasteiger partial charge in [0.05, 0.1) is 35.2 Å². The number of nitro benzene ring substituents is 1. The fraction of sp³-hybridized carbons (Fsp3) is 0.0952. The van der Waals surface area contributed by atoms with E-state index in [2.05, 4.69) is 15.2 Å². The summed E-state index contributed by atoms with van der Waals surface area (Å²) in [6.45, 7) is 0. The number of alkyl halides is 3. The van der Waals surface area contributed by atoms with Gasteiger partial charge in [0, 0.05) is 12.1 Å². The molecule has 0 aliphatic heterocycles. The molecular formula is C21H17F3N4O5S. The molecule has 9 nitrogen and oxygen atoms in total. The molecular weight excluding hydrogens is 477 g/mol. The van der Waals surface area contributed by atoms with Gasteiger partial charge in [-0.1, -0.05) is 24.3 Å². The second-order valence-corrected chi connectivity index (χ2v) is 8.38. The fourth-order valence-electron chi connectivity index (χ4n) is 2.80. The molecule has 0 heterocycles. The number of nitrogens with one attached hydrogen (secondary N) is 2. The van der Waals surface area contributed by atoms with Gasteiger partial charge in [-0.15, -0.1) is 0 Å². The number of nitro groups is 1. The van der Waals surface area contributed by atoms with Crippen LogP contribution in [0.4, 0.5) is 30.2 Å². The molecule has 178 valence electrons. The number of hydrogen-bond donors (Lipinski definition) is 2. The van der Waals surface area contributed by atoms with E-state index in [1.54, 1.807) is 12.1 Å². The Bertz CT molecular complexity index is 1330. The van der Waals surface area contributed by atoms with E-state index in [1.165, 1.54) is 37.6 Å². The predicted octanol–water partition coefficient (Wildman–Crippen LogP) is 4.87. The Hall–Kier alpha value is -4.13. The summed E-state index contributed by atoms with van der Waals surface area (Å²) < 4.78 is 71.6. The van der Waals surface area contributed by atoms with Gasteiger partial charge < -0.3 is 4.74 Å².